The number of nitrogens with one attached hydrogen (secondary N) is 2. The van der Waals surface area contributed by atoms with E-state index in [1.54, 1.807) is 26.0 Å². The first-order chi connectivity index (χ1) is 11.0. The number of aromatic amines is 1. The van der Waals surface area contributed by atoms with Crippen LogP contribution in [0.5, 0.6) is 0 Å². The molecule has 0 saturated heterocycles. The lowest BCUT2D eigenvalue weighted by Crippen LogP contribution is -2.25. The van der Waals surface area contributed by atoms with Crippen LogP contribution in [0.4, 0.5) is 0 Å². The topological polar surface area (TPSA) is 101 Å². The van der Waals surface area contributed by atoms with Crippen molar-refractivity contribution in [2.75, 3.05) is 6.61 Å². The van der Waals surface area contributed by atoms with Crippen LogP contribution in [-0.4, -0.2) is 31.2 Å². The summed E-state index contributed by atoms with van der Waals surface area (Å²) in [5, 5.41) is 6.07. The van der Waals surface area contributed by atoms with Gasteiger partial charge in [-0.3, -0.25) is 5.10 Å². The molecule has 23 heavy (non-hydrogen) atoms. The molecule has 0 atom stereocenters. The van der Waals surface area contributed by atoms with Gasteiger partial charge in [0.15, 0.2) is 0 Å². The summed E-state index contributed by atoms with van der Waals surface area (Å²) >= 11 is 0. The number of H-pyrrole nitrogens is 1. The van der Waals surface area contributed by atoms with Crippen molar-refractivity contribution < 1.29 is 17.9 Å². The molecular weight excluding hydrogens is 318 g/mol. The molecule has 0 saturated carbocycles. The maximum absolute atomic E-state index is 12.5. The molecule has 0 unspecified atom stereocenters. The minimum absolute atomic E-state index is 0.0325. The van der Waals surface area contributed by atoms with Gasteiger partial charge in [-0.2, -0.15) is 5.10 Å². The minimum atomic E-state index is -3.93. The van der Waals surface area contributed by atoms with Crippen LogP contribution in [0.2, 0.25) is 0 Å². The molecule has 1 aromatic carbocycles. The van der Waals surface area contributed by atoms with Gasteiger partial charge in [-0.15, -0.1) is 0 Å². The lowest BCUT2D eigenvalue weighted by molar-refractivity contribution is 0.0520. The Labute approximate surface area is 135 Å². The smallest absolute Gasteiger partial charge is 0.343 e. The van der Waals surface area contributed by atoms with E-state index in [-0.39, 0.29) is 23.7 Å². The summed E-state index contributed by atoms with van der Waals surface area (Å²) in [6.45, 7) is 3.72. The highest BCUT2D eigenvalue weighted by molar-refractivity contribution is 7.89. The van der Waals surface area contributed by atoms with E-state index in [4.69, 9.17) is 4.74 Å². The van der Waals surface area contributed by atoms with Crippen molar-refractivity contribution in [1.82, 2.24) is 14.9 Å². The minimum Gasteiger partial charge on any atom is -0.462 e. The maximum atomic E-state index is 12.5. The van der Waals surface area contributed by atoms with Crippen molar-refractivity contribution in [3.05, 3.63) is 47.2 Å². The first-order valence-electron chi connectivity index (χ1n) is 7.27. The van der Waals surface area contributed by atoms with Gasteiger partial charge in [-0.05, 0) is 18.9 Å². The highest BCUT2D eigenvalue weighted by Gasteiger charge is 2.29. The van der Waals surface area contributed by atoms with Gasteiger partial charge in [0.2, 0.25) is 5.03 Å². The normalized spacial score (nSPS) is 11.4. The van der Waals surface area contributed by atoms with E-state index < -0.39 is 16.0 Å². The molecule has 0 aliphatic rings. The Bertz CT molecular complexity index is 769. The Kier molecular flexibility index (Phi) is 5.51. The zero-order valence-electron chi connectivity index (χ0n) is 13.0. The van der Waals surface area contributed by atoms with E-state index in [1.165, 1.54) is 0 Å². The van der Waals surface area contributed by atoms with Gasteiger partial charge in [0.05, 0.1) is 12.3 Å². The van der Waals surface area contributed by atoms with Gasteiger partial charge in [-0.1, -0.05) is 37.3 Å². The number of carbonyl (C=O) groups excluding carboxylic acids is 1. The van der Waals surface area contributed by atoms with Crippen LogP contribution in [0.25, 0.3) is 0 Å². The molecule has 0 radical (unpaired) electrons. The molecular formula is C15H19N3O4S. The fraction of sp³-hybridized carbons (Fsp3) is 0.333. The fourth-order valence-corrected chi connectivity index (χ4v) is 3.20. The van der Waals surface area contributed by atoms with Crippen LogP contribution in [0, 0.1) is 0 Å². The molecule has 0 amide bonds. The second-order valence-corrected chi connectivity index (χ2v) is 6.45. The number of esters is 1. The van der Waals surface area contributed by atoms with Crippen molar-refractivity contribution in [1.29, 1.82) is 0 Å². The number of carbonyl (C=O) groups is 1. The fourth-order valence-electron chi connectivity index (χ4n) is 2.07. The Morgan fingerprint density at radius 1 is 1.26 bits per heavy atom. The van der Waals surface area contributed by atoms with Crippen LogP contribution >= 0.6 is 0 Å². The molecule has 7 nitrogen and oxygen atoms in total. The quantitative estimate of drug-likeness (QED) is 0.748. The van der Waals surface area contributed by atoms with Crippen LogP contribution in [0.3, 0.4) is 0 Å². The summed E-state index contributed by atoms with van der Waals surface area (Å²) in [6, 6.07) is 9.08. The maximum Gasteiger partial charge on any atom is 0.343 e. The van der Waals surface area contributed by atoms with Crippen LogP contribution < -0.4 is 4.72 Å². The number of aryl methyl sites for hydroxylation is 1. The zero-order chi connectivity index (χ0) is 16.9. The molecule has 0 fully saturated rings. The summed E-state index contributed by atoms with van der Waals surface area (Å²) in [5.41, 5.74) is 1.21. The van der Waals surface area contributed by atoms with Crippen molar-refractivity contribution in [2.45, 2.75) is 31.8 Å². The first-order valence-corrected chi connectivity index (χ1v) is 8.75. The van der Waals surface area contributed by atoms with Gasteiger partial charge in [0.25, 0.3) is 10.0 Å². The average molecular weight is 337 g/mol. The Hall–Kier alpha value is -2.19. The van der Waals surface area contributed by atoms with Gasteiger partial charge in [0, 0.05) is 6.54 Å². The molecule has 0 aliphatic carbocycles. The van der Waals surface area contributed by atoms with E-state index in [9.17, 15) is 13.2 Å². The molecule has 124 valence electrons. The molecule has 0 aliphatic heterocycles. The molecule has 2 N–H and O–H groups in total. The van der Waals surface area contributed by atoms with E-state index in [0.717, 1.165) is 5.56 Å². The predicted molar refractivity (Wildman–Crippen MR) is 84.4 cm³/mol. The number of aromatic nitrogens is 2. The molecule has 8 heteroatoms. The number of benzene rings is 1. The number of ether oxygens (including phenoxy) is 1. The van der Waals surface area contributed by atoms with Gasteiger partial charge < -0.3 is 4.74 Å². The third-order valence-electron chi connectivity index (χ3n) is 3.20. The van der Waals surface area contributed by atoms with Gasteiger partial charge in [0.1, 0.15) is 5.56 Å². The van der Waals surface area contributed by atoms with Crippen molar-refractivity contribution in [3.8, 4) is 0 Å². The van der Waals surface area contributed by atoms with Crippen LogP contribution in [0.1, 0.15) is 35.5 Å². The number of rotatable bonds is 7. The van der Waals surface area contributed by atoms with Crippen LogP contribution in [0.15, 0.2) is 35.4 Å². The Balaban J connectivity index is 2.29. The molecule has 0 bridgehead atoms. The monoisotopic (exact) mass is 337 g/mol. The van der Waals surface area contributed by atoms with Crippen molar-refractivity contribution >= 4 is 16.0 Å². The van der Waals surface area contributed by atoms with E-state index >= 15 is 0 Å². The largest absolute Gasteiger partial charge is 0.462 e. The molecule has 0 spiro atoms. The second kappa shape index (κ2) is 7.38. The van der Waals surface area contributed by atoms with E-state index in [2.05, 4.69) is 14.9 Å². The molecule has 1 heterocycles. The third kappa shape index (κ3) is 3.96. The standard InChI is InChI=1S/C15H19N3O4S/c1-3-12-13(15(19)22-4-2)14(18-17-12)23(20,21)16-10-11-8-6-5-7-9-11/h5-9,16H,3-4,10H2,1-2H3,(H,17,18). The lowest BCUT2D eigenvalue weighted by Gasteiger charge is -2.07. The number of hydrogen-bond donors (Lipinski definition) is 2. The molecule has 2 aromatic rings. The van der Waals surface area contributed by atoms with Crippen LogP contribution in [-0.2, 0) is 27.7 Å². The number of nitrogens with zero attached hydrogens (tertiary/aromatic N) is 1. The highest BCUT2D eigenvalue weighted by Crippen LogP contribution is 2.19. The van der Waals surface area contributed by atoms with E-state index in [0.29, 0.717) is 12.1 Å². The zero-order valence-corrected chi connectivity index (χ0v) is 13.8. The van der Waals surface area contributed by atoms with Gasteiger partial charge in [-0.25, -0.2) is 17.9 Å². The van der Waals surface area contributed by atoms with Crippen molar-refractivity contribution in [2.24, 2.45) is 0 Å². The molecule has 1 aromatic heterocycles. The SMILES string of the molecule is CCOC(=O)c1c(S(=O)(=O)NCc2ccccc2)n[nH]c1CC. The summed E-state index contributed by atoms with van der Waals surface area (Å²) in [6.07, 6.45) is 0.440. The average Bonchev–Trinajstić information content (AvgIpc) is 2.99. The lowest BCUT2D eigenvalue weighted by atomic mass is 10.2. The van der Waals surface area contributed by atoms with Gasteiger partial charge >= 0.3 is 5.97 Å². The summed E-state index contributed by atoms with van der Waals surface area (Å²) in [5.74, 6) is -0.696. The summed E-state index contributed by atoms with van der Waals surface area (Å²) in [4.78, 5) is 12.1. The predicted octanol–water partition coefficient (Wildman–Crippen LogP) is 1.63. The highest BCUT2D eigenvalue weighted by atomic mass is 32.2. The third-order valence-corrected chi connectivity index (χ3v) is 4.53. The molecule has 2 rings (SSSR count). The van der Waals surface area contributed by atoms with Crippen molar-refractivity contribution in [3.63, 3.8) is 0 Å². The summed E-state index contributed by atoms with van der Waals surface area (Å²) in [7, 11) is -3.93. The number of hydrogen-bond acceptors (Lipinski definition) is 5. The Morgan fingerprint density at radius 3 is 2.57 bits per heavy atom. The Morgan fingerprint density at radius 2 is 1.96 bits per heavy atom. The summed E-state index contributed by atoms with van der Waals surface area (Å²) < 4.78 is 32.3. The number of sulfonamides is 1. The van der Waals surface area contributed by atoms with E-state index in [1.807, 2.05) is 18.2 Å². The second-order valence-electron chi connectivity index (χ2n) is 4.77. The first kappa shape index (κ1) is 17.2.